The molecule has 0 spiro atoms. The molecular formula is C14H16N4O2. The van der Waals surface area contributed by atoms with Crippen molar-refractivity contribution in [1.29, 1.82) is 0 Å². The van der Waals surface area contributed by atoms with E-state index in [0.717, 1.165) is 0 Å². The second-order valence-corrected chi connectivity index (χ2v) is 4.20. The summed E-state index contributed by atoms with van der Waals surface area (Å²) in [5.74, 6) is -1.29. The Labute approximate surface area is 116 Å². The van der Waals surface area contributed by atoms with Crippen molar-refractivity contribution < 1.29 is 9.59 Å². The summed E-state index contributed by atoms with van der Waals surface area (Å²) in [6.07, 6.45) is 4.27. The van der Waals surface area contributed by atoms with Crippen LogP contribution in [0.3, 0.4) is 0 Å². The van der Waals surface area contributed by atoms with Crippen molar-refractivity contribution in [2.24, 2.45) is 0 Å². The minimum atomic E-state index is -0.657. The molecule has 2 amide bonds. The third-order valence-corrected chi connectivity index (χ3v) is 2.65. The molecule has 0 saturated heterocycles. The van der Waals surface area contributed by atoms with Crippen molar-refractivity contribution in [3.05, 3.63) is 48.8 Å². The summed E-state index contributed by atoms with van der Waals surface area (Å²) < 4.78 is 1.77. The lowest BCUT2D eigenvalue weighted by Gasteiger charge is -2.06. The number of rotatable bonds is 5. The highest BCUT2D eigenvalue weighted by Gasteiger charge is 2.12. The van der Waals surface area contributed by atoms with Gasteiger partial charge in [0.1, 0.15) is 0 Å². The first-order valence-electron chi connectivity index (χ1n) is 6.37. The van der Waals surface area contributed by atoms with Gasteiger partial charge in [-0.15, -0.1) is 0 Å². The summed E-state index contributed by atoms with van der Waals surface area (Å²) in [6, 6.07) is 10.7. The van der Waals surface area contributed by atoms with Gasteiger partial charge in [-0.1, -0.05) is 18.2 Å². The summed E-state index contributed by atoms with van der Waals surface area (Å²) in [7, 11) is 0. The van der Waals surface area contributed by atoms with E-state index in [1.807, 2.05) is 18.3 Å². The fraction of sp³-hybridized carbons (Fsp3) is 0.214. The predicted molar refractivity (Wildman–Crippen MR) is 74.9 cm³/mol. The van der Waals surface area contributed by atoms with Crippen LogP contribution in [0.2, 0.25) is 0 Å². The van der Waals surface area contributed by atoms with Gasteiger partial charge < -0.3 is 10.6 Å². The molecule has 0 aliphatic carbocycles. The number of benzene rings is 1. The summed E-state index contributed by atoms with van der Waals surface area (Å²) in [5, 5.41) is 9.15. The molecule has 0 atom stereocenters. The van der Waals surface area contributed by atoms with E-state index in [1.54, 1.807) is 35.1 Å². The Morgan fingerprint density at radius 3 is 2.60 bits per heavy atom. The first-order chi connectivity index (χ1) is 9.75. The van der Waals surface area contributed by atoms with Gasteiger partial charge in [-0.05, 0) is 24.6 Å². The van der Waals surface area contributed by atoms with Crippen LogP contribution in [0.15, 0.2) is 48.8 Å². The molecule has 0 aliphatic heterocycles. The standard InChI is InChI=1S/C14H16N4O2/c19-13(14(20)17-12-6-2-1-3-7-12)15-8-4-10-18-11-5-9-16-18/h1-3,5-7,9,11H,4,8,10H2,(H,15,19)(H,17,20). The van der Waals surface area contributed by atoms with E-state index in [9.17, 15) is 9.59 Å². The zero-order chi connectivity index (χ0) is 14.2. The molecule has 6 heteroatoms. The van der Waals surface area contributed by atoms with Crippen LogP contribution in [0.25, 0.3) is 0 Å². The Bertz CT molecular complexity index is 552. The molecule has 0 aliphatic rings. The molecule has 0 bridgehead atoms. The van der Waals surface area contributed by atoms with Gasteiger partial charge in [0.25, 0.3) is 0 Å². The average Bonchev–Trinajstić information content (AvgIpc) is 2.97. The maximum absolute atomic E-state index is 11.6. The van der Waals surface area contributed by atoms with Gasteiger partial charge in [0.05, 0.1) is 0 Å². The Morgan fingerprint density at radius 2 is 1.90 bits per heavy atom. The summed E-state index contributed by atoms with van der Waals surface area (Å²) in [4.78, 5) is 23.2. The third-order valence-electron chi connectivity index (χ3n) is 2.65. The molecule has 2 aromatic rings. The summed E-state index contributed by atoms with van der Waals surface area (Å²) in [6.45, 7) is 1.13. The van der Waals surface area contributed by atoms with Crippen LogP contribution in [0.4, 0.5) is 5.69 Å². The highest BCUT2D eigenvalue weighted by Crippen LogP contribution is 2.04. The van der Waals surface area contributed by atoms with Crippen LogP contribution in [0.1, 0.15) is 6.42 Å². The number of carbonyl (C=O) groups is 2. The number of para-hydroxylation sites is 1. The number of hydrogen-bond acceptors (Lipinski definition) is 3. The molecule has 0 fully saturated rings. The maximum Gasteiger partial charge on any atom is 0.313 e. The molecule has 0 unspecified atom stereocenters. The molecule has 20 heavy (non-hydrogen) atoms. The highest BCUT2D eigenvalue weighted by atomic mass is 16.2. The van der Waals surface area contributed by atoms with Crippen molar-refractivity contribution in [3.8, 4) is 0 Å². The normalized spacial score (nSPS) is 10.0. The smallest absolute Gasteiger partial charge is 0.313 e. The lowest BCUT2D eigenvalue weighted by molar-refractivity contribution is -0.136. The Hall–Kier alpha value is -2.63. The lowest BCUT2D eigenvalue weighted by atomic mass is 10.3. The van der Waals surface area contributed by atoms with E-state index in [-0.39, 0.29) is 0 Å². The topological polar surface area (TPSA) is 76.0 Å². The minimum absolute atomic E-state index is 0.431. The number of carbonyl (C=O) groups excluding carboxylic acids is 2. The minimum Gasteiger partial charge on any atom is -0.348 e. The van der Waals surface area contributed by atoms with Crippen LogP contribution in [0.5, 0.6) is 0 Å². The molecule has 6 nitrogen and oxygen atoms in total. The van der Waals surface area contributed by atoms with Crippen LogP contribution in [0, 0.1) is 0 Å². The highest BCUT2D eigenvalue weighted by molar-refractivity contribution is 6.39. The van der Waals surface area contributed by atoms with Crippen LogP contribution in [-0.4, -0.2) is 28.1 Å². The summed E-state index contributed by atoms with van der Waals surface area (Å²) in [5.41, 5.74) is 0.601. The largest absolute Gasteiger partial charge is 0.348 e. The van der Waals surface area contributed by atoms with Gasteiger partial charge in [-0.3, -0.25) is 14.3 Å². The number of aromatic nitrogens is 2. The second kappa shape index (κ2) is 7.08. The molecule has 0 saturated carbocycles. The molecule has 104 valence electrons. The van der Waals surface area contributed by atoms with Crippen molar-refractivity contribution >= 4 is 17.5 Å². The van der Waals surface area contributed by atoms with E-state index in [2.05, 4.69) is 15.7 Å². The SMILES string of the molecule is O=C(NCCCn1cccn1)C(=O)Nc1ccccc1. The van der Waals surface area contributed by atoms with Crippen molar-refractivity contribution in [2.45, 2.75) is 13.0 Å². The zero-order valence-corrected chi connectivity index (χ0v) is 11.0. The molecule has 2 N–H and O–H groups in total. The van der Waals surface area contributed by atoms with Gasteiger partial charge >= 0.3 is 11.8 Å². The van der Waals surface area contributed by atoms with Crippen LogP contribution < -0.4 is 10.6 Å². The molecule has 0 radical (unpaired) electrons. The Balaban J connectivity index is 1.68. The lowest BCUT2D eigenvalue weighted by Crippen LogP contribution is -2.36. The fourth-order valence-corrected chi connectivity index (χ4v) is 1.67. The average molecular weight is 272 g/mol. The zero-order valence-electron chi connectivity index (χ0n) is 11.0. The Morgan fingerprint density at radius 1 is 1.10 bits per heavy atom. The van der Waals surface area contributed by atoms with Gasteiger partial charge in [0, 0.05) is 31.2 Å². The van der Waals surface area contributed by atoms with E-state index in [4.69, 9.17) is 0 Å². The van der Waals surface area contributed by atoms with Crippen molar-refractivity contribution in [3.63, 3.8) is 0 Å². The molecule has 2 rings (SSSR count). The van der Waals surface area contributed by atoms with Gasteiger partial charge in [-0.25, -0.2) is 0 Å². The van der Waals surface area contributed by atoms with E-state index in [1.165, 1.54) is 0 Å². The van der Waals surface area contributed by atoms with E-state index >= 15 is 0 Å². The van der Waals surface area contributed by atoms with Gasteiger partial charge in [0.2, 0.25) is 0 Å². The number of anilines is 1. The third kappa shape index (κ3) is 4.24. The predicted octanol–water partition coefficient (Wildman–Crippen LogP) is 1.03. The van der Waals surface area contributed by atoms with Crippen LogP contribution >= 0.6 is 0 Å². The van der Waals surface area contributed by atoms with E-state index < -0.39 is 11.8 Å². The molecule has 1 heterocycles. The van der Waals surface area contributed by atoms with Gasteiger partial charge in [-0.2, -0.15) is 5.10 Å². The number of nitrogens with zero attached hydrogens (tertiary/aromatic N) is 2. The quantitative estimate of drug-likeness (QED) is 0.630. The molecular weight excluding hydrogens is 256 g/mol. The number of amides is 2. The monoisotopic (exact) mass is 272 g/mol. The number of nitrogens with one attached hydrogen (secondary N) is 2. The summed E-state index contributed by atoms with van der Waals surface area (Å²) >= 11 is 0. The first-order valence-corrected chi connectivity index (χ1v) is 6.37. The second-order valence-electron chi connectivity index (χ2n) is 4.20. The number of hydrogen-bond donors (Lipinski definition) is 2. The molecule has 1 aromatic heterocycles. The Kier molecular flexibility index (Phi) is 4.88. The molecule has 1 aromatic carbocycles. The van der Waals surface area contributed by atoms with Crippen molar-refractivity contribution in [2.75, 3.05) is 11.9 Å². The van der Waals surface area contributed by atoms with E-state index in [0.29, 0.717) is 25.2 Å². The first kappa shape index (κ1) is 13.8. The number of aryl methyl sites for hydroxylation is 1. The van der Waals surface area contributed by atoms with Crippen molar-refractivity contribution in [1.82, 2.24) is 15.1 Å². The van der Waals surface area contributed by atoms with Gasteiger partial charge in [0.15, 0.2) is 0 Å². The van der Waals surface area contributed by atoms with Crippen LogP contribution in [-0.2, 0) is 16.1 Å². The maximum atomic E-state index is 11.6. The fourth-order valence-electron chi connectivity index (χ4n) is 1.67.